The van der Waals surface area contributed by atoms with Crippen LogP contribution in [0.2, 0.25) is 10.0 Å². The van der Waals surface area contributed by atoms with Gasteiger partial charge in [-0.15, -0.1) is 0 Å². The number of benzene rings is 1. The summed E-state index contributed by atoms with van der Waals surface area (Å²) in [5, 5.41) is 4.14. The van der Waals surface area contributed by atoms with Crippen LogP contribution in [0.1, 0.15) is 25.5 Å². The summed E-state index contributed by atoms with van der Waals surface area (Å²) in [5.74, 6) is 1.60. The third-order valence-electron chi connectivity index (χ3n) is 2.78. The first kappa shape index (κ1) is 14.1. The lowest BCUT2D eigenvalue weighted by molar-refractivity contribution is 0.817. The Bertz CT molecular complexity index is 577. The van der Waals surface area contributed by atoms with Crippen LogP contribution >= 0.6 is 23.2 Å². The molecular formula is C14H15Cl2N3. The fraction of sp³-hybridized carbons (Fsp3) is 0.286. The van der Waals surface area contributed by atoms with Crippen molar-refractivity contribution in [2.24, 2.45) is 0 Å². The maximum atomic E-state index is 6.21. The second-order valence-corrected chi connectivity index (χ2v) is 5.32. The van der Waals surface area contributed by atoms with E-state index in [-0.39, 0.29) is 0 Å². The number of anilines is 1. The molecule has 1 heterocycles. The lowest BCUT2D eigenvalue weighted by Crippen LogP contribution is -2.02. The van der Waals surface area contributed by atoms with E-state index in [1.165, 1.54) is 0 Å². The molecule has 0 unspecified atom stereocenters. The minimum Gasteiger partial charge on any atom is -0.373 e. The molecule has 0 spiro atoms. The van der Waals surface area contributed by atoms with Gasteiger partial charge in [0.1, 0.15) is 5.82 Å². The van der Waals surface area contributed by atoms with E-state index in [9.17, 15) is 0 Å². The second kappa shape index (κ2) is 5.76. The molecule has 1 N–H and O–H groups in total. The van der Waals surface area contributed by atoms with Crippen molar-refractivity contribution < 1.29 is 0 Å². The summed E-state index contributed by atoms with van der Waals surface area (Å²) in [7, 11) is 1.82. The smallest absolute Gasteiger partial charge is 0.164 e. The number of nitrogens with one attached hydrogen (secondary N) is 1. The van der Waals surface area contributed by atoms with Gasteiger partial charge in [0.2, 0.25) is 0 Å². The van der Waals surface area contributed by atoms with Gasteiger partial charge in [0, 0.05) is 18.8 Å². The van der Waals surface area contributed by atoms with E-state index < -0.39 is 0 Å². The molecule has 0 bridgehead atoms. The highest BCUT2D eigenvalue weighted by Crippen LogP contribution is 2.33. The van der Waals surface area contributed by atoms with Crippen molar-refractivity contribution in [3.8, 4) is 11.4 Å². The fourth-order valence-corrected chi connectivity index (χ4v) is 2.28. The minimum absolute atomic E-state index is 0.301. The first-order valence-corrected chi connectivity index (χ1v) is 6.79. The molecule has 5 heteroatoms. The summed E-state index contributed by atoms with van der Waals surface area (Å²) in [5.41, 5.74) is 1.62. The van der Waals surface area contributed by atoms with Crippen LogP contribution in [-0.2, 0) is 0 Å². The average molecular weight is 296 g/mol. The predicted octanol–water partition coefficient (Wildman–Crippen LogP) is 4.62. The van der Waals surface area contributed by atoms with Gasteiger partial charge in [-0.3, -0.25) is 0 Å². The Balaban J connectivity index is 2.64. The highest BCUT2D eigenvalue weighted by molar-refractivity contribution is 6.38. The molecule has 1 aromatic carbocycles. The summed E-state index contributed by atoms with van der Waals surface area (Å²) in [6.07, 6.45) is 0. The van der Waals surface area contributed by atoms with Gasteiger partial charge in [0.25, 0.3) is 0 Å². The van der Waals surface area contributed by atoms with E-state index in [0.29, 0.717) is 27.4 Å². The third kappa shape index (κ3) is 2.99. The zero-order chi connectivity index (χ0) is 14.0. The largest absolute Gasteiger partial charge is 0.373 e. The Morgan fingerprint density at radius 1 is 1.11 bits per heavy atom. The molecular weight excluding hydrogens is 281 g/mol. The number of halogens is 2. The van der Waals surface area contributed by atoms with Crippen molar-refractivity contribution >= 4 is 29.0 Å². The standard InChI is InChI=1S/C14H15Cl2N3/c1-8(2)11-7-12(17-3)19-14(18-11)13-9(15)5-4-6-10(13)16/h4-8H,1-3H3,(H,17,18,19). The number of hydrogen-bond acceptors (Lipinski definition) is 3. The van der Waals surface area contributed by atoms with E-state index in [1.54, 1.807) is 18.2 Å². The Labute approximate surface area is 123 Å². The van der Waals surface area contributed by atoms with Crippen molar-refractivity contribution in [1.29, 1.82) is 0 Å². The quantitative estimate of drug-likeness (QED) is 0.898. The molecule has 0 saturated carbocycles. The Morgan fingerprint density at radius 2 is 1.74 bits per heavy atom. The molecule has 0 fully saturated rings. The summed E-state index contributed by atoms with van der Waals surface area (Å²) in [4.78, 5) is 8.99. The van der Waals surface area contributed by atoms with E-state index in [0.717, 1.165) is 11.5 Å². The van der Waals surface area contributed by atoms with Gasteiger partial charge in [-0.2, -0.15) is 0 Å². The monoisotopic (exact) mass is 295 g/mol. The lowest BCUT2D eigenvalue weighted by Gasteiger charge is -2.11. The molecule has 0 aliphatic rings. The van der Waals surface area contributed by atoms with E-state index in [1.807, 2.05) is 13.1 Å². The van der Waals surface area contributed by atoms with Crippen molar-refractivity contribution in [3.63, 3.8) is 0 Å². The van der Waals surface area contributed by atoms with Gasteiger partial charge >= 0.3 is 0 Å². The Hall–Kier alpha value is -1.32. The molecule has 19 heavy (non-hydrogen) atoms. The molecule has 100 valence electrons. The molecule has 2 aromatic rings. The van der Waals surface area contributed by atoms with Crippen LogP contribution in [0.15, 0.2) is 24.3 Å². The number of aromatic nitrogens is 2. The van der Waals surface area contributed by atoms with Crippen LogP contribution in [0, 0.1) is 0 Å². The first-order valence-electron chi connectivity index (χ1n) is 6.04. The highest BCUT2D eigenvalue weighted by Gasteiger charge is 2.14. The zero-order valence-corrected chi connectivity index (χ0v) is 12.5. The van der Waals surface area contributed by atoms with Crippen LogP contribution in [0.25, 0.3) is 11.4 Å². The SMILES string of the molecule is CNc1cc(C(C)C)nc(-c2c(Cl)cccc2Cl)n1. The zero-order valence-electron chi connectivity index (χ0n) is 11.0. The maximum absolute atomic E-state index is 6.21. The topological polar surface area (TPSA) is 37.8 Å². The van der Waals surface area contributed by atoms with Gasteiger partial charge in [-0.1, -0.05) is 43.1 Å². The van der Waals surface area contributed by atoms with Gasteiger partial charge in [0.05, 0.1) is 15.6 Å². The Morgan fingerprint density at radius 3 is 2.26 bits per heavy atom. The first-order chi connectivity index (χ1) is 9.02. The molecule has 0 aliphatic heterocycles. The minimum atomic E-state index is 0.301. The average Bonchev–Trinajstić information content (AvgIpc) is 2.38. The van der Waals surface area contributed by atoms with Crippen LogP contribution < -0.4 is 5.32 Å². The molecule has 0 aliphatic carbocycles. The van der Waals surface area contributed by atoms with Gasteiger partial charge in [0.15, 0.2) is 5.82 Å². The van der Waals surface area contributed by atoms with Crippen LogP contribution in [0.3, 0.4) is 0 Å². The van der Waals surface area contributed by atoms with Gasteiger partial charge in [-0.25, -0.2) is 9.97 Å². The predicted molar refractivity (Wildman–Crippen MR) is 81.1 cm³/mol. The molecule has 3 nitrogen and oxygen atoms in total. The lowest BCUT2D eigenvalue weighted by atomic mass is 10.1. The summed E-state index contributed by atoms with van der Waals surface area (Å²) in [6, 6.07) is 7.30. The van der Waals surface area contributed by atoms with Crippen molar-refractivity contribution in [3.05, 3.63) is 40.0 Å². The number of rotatable bonds is 3. The van der Waals surface area contributed by atoms with E-state index in [2.05, 4.69) is 29.1 Å². The van der Waals surface area contributed by atoms with Crippen LogP contribution in [-0.4, -0.2) is 17.0 Å². The van der Waals surface area contributed by atoms with Crippen molar-refractivity contribution in [1.82, 2.24) is 9.97 Å². The molecule has 0 saturated heterocycles. The van der Waals surface area contributed by atoms with Gasteiger partial charge in [-0.05, 0) is 18.1 Å². The van der Waals surface area contributed by atoms with Crippen molar-refractivity contribution in [2.45, 2.75) is 19.8 Å². The van der Waals surface area contributed by atoms with Crippen LogP contribution in [0.5, 0.6) is 0 Å². The number of hydrogen-bond donors (Lipinski definition) is 1. The number of nitrogens with zero attached hydrogens (tertiary/aromatic N) is 2. The van der Waals surface area contributed by atoms with E-state index >= 15 is 0 Å². The molecule has 0 amide bonds. The maximum Gasteiger partial charge on any atom is 0.164 e. The molecule has 1 aromatic heterocycles. The van der Waals surface area contributed by atoms with E-state index in [4.69, 9.17) is 23.2 Å². The highest BCUT2D eigenvalue weighted by atomic mass is 35.5. The summed E-state index contributed by atoms with van der Waals surface area (Å²) < 4.78 is 0. The molecule has 0 atom stereocenters. The van der Waals surface area contributed by atoms with Gasteiger partial charge < -0.3 is 5.32 Å². The summed E-state index contributed by atoms with van der Waals surface area (Å²) in [6.45, 7) is 4.17. The van der Waals surface area contributed by atoms with Crippen LogP contribution in [0.4, 0.5) is 5.82 Å². The summed E-state index contributed by atoms with van der Waals surface area (Å²) >= 11 is 12.4. The second-order valence-electron chi connectivity index (χ2n) is 4.50. The molecule has 0 radical (unpaired) electrons. The third-order valence-corrected chi connectivity index (χ3v) is 3.41. The molecule has 2 rings (SSSR count). The Kier molecular flexibility index (Phi) is 4.27. The van der Waals surface area contributed by atoms with Crippen molar-refractivity contribution in [2.75, 3.05) is 12.4 Å². The fourth-order valence-electron chi connectivity index (χ4n) is 1.71. The normalized spacial score (nSPS) is 10.8.